The first-order valence-electron chi connectivity index (χ1n) is 7.12. The molecule has 0 saturated carbocycles. The number of aromatic nitrogens is 2. The van der Waals surface area contributed by atoms with Crippen molar-refractivity contribution >= 4 is 11.5 Å². The molecule has 0 saturated heterocycles. The van der Waals surface area contributed by atoms with Gasteiger partial charge in [0.15, 0.2) is 5.82 Å². The highest BCUT2D eigenvalue weighted by Gasteiger charge is 2.08. The molecule has 0 fully saturated rings. The van der Waals surface area contributed by atoms with Crippen LogP contribution in [0.5, 0.6) is 0 Å². The van der Waals surface area contributed by atoms with Crippen molar-refractivity contribution in [1.29, 1.82) is 0 Å². The van der Waals surface area contributed by atoms with E-state index in [-0.39, 0.29) is 0 Å². The van der Waals surface area contributed by atoms with Crippen LogP contribution in [0.3, 0.4) is 0 Å². The number of hydrogen-bond acceptors (Lipinski definition) is 5. The first kappa shape index (κ1) is 15.3. The maximum atomic E-state index is 5.51. The largest absolute Gasteiger partial charge is 0.378 e. The average molecular weight is 285 g/mol. The van der Waals surface area contributed by atoms with Crippen LogP contribution in [-0.4, -0.2) is 24.1 Å². The fourth-order valence-electron chi connectivity index (χ4n) is 2.13. The van der Waals surface area contributed by atoms with Crippen molar-refractivity contribution < 1.29 is 0 Å². The molecule has 2 rings (SSSR count). The summed E-state index contributed by atoms with van der Waals surface area (Å²) in [6.07, 6.45) is 0.903. The topological polar surface area (TPSA) is 67.1 Å². The number of nitrogen functional groups attached to an aromatic ring is 1. The minimum absolute atomic E-state index is 0.537. The molecule has 0 atom stereocenters. The second-order valence-corrected chi connectivity index (χ2v) is 5.75. The third-order valence-corrected chi connectivity index (χ3v) is 3.19. The average Bonchev–Trinajstić information content (AvgIpc) is 2.46. The summed E-state index contributed by atoms with van der Waals surface area (Å²) in [5, 5.41) is 0. The van der Waals surface area contributed by atoms with Crippen molar-refractivity contribution in [1.82, 2.24) is 9.97 Å². The molecule has 0 aliphatic carbocycles. The number of nitrogens with two attached hydrogens (primary N) is 1. The molecule has 0 aliphatic rings. The van der Waals surface area contributed by atoms with E-state index in [4.69, 9.17) is 5.84 Å². The van der Waals surface area contributed by atoms with E-state index in [9.17, 15) is 0 Å². The summed E-state index contributed by atoms with van der Waals surface area (Å²) in [6, 6.07) is 10.1. The van der Waals surface area contributed by atoms with Gasteiger partial charge in [-0.15, -0.1) is 0 Å². The van der Waals surface area contributed by atoms with Gasteiger partial charge in [-0.1, -0.05) is 13.8 Å². The molecule has 2 aromatic rings. The van der Waals surface area contributed by atoms with Gasteiger partial charge in [-0.25, -0.2) is 15.8 Å². The molecule has 3 N–H and O–H groups in total. The molecule has 0 bridgehead atoms. The Bertz CT molecular complexity index is 590. The van der Waals surface area contributed by atoms with Gasteiger partial charge in [0.05, 0.1) is 0 Å². The third-order valence-electron chi connectivity index (χ3n) is 3.19. The Morgan fingerprint density at radius 1 is 1.14 bits per heavy atom. The number of nitrogens with one attached hydrogen (secondary N) is 1. The number of hydrazine groups is 1. The highest BCUT2D eigenvalue weighted by molar-refractivity contribution is 5.61. The van der Waals surface area contributed by atoms with Crippen LogP contribution < -0.4 is 16.2 Å². The van der Waals surface area contributed by atoms with E-state index in [1.165, 1.54) is 0 Å². The van der Waals surface area contributed by atoms with Crippen molar-refractivity contribution in [2.45, 2.75) is 20.3 Å². The number of nitrogens with zero attached hydrogens (tertiary/aromatic N) is 3. The quantitative estimate of drug-likeness (QED) is 0.653. The van der Waals surface area contributed by atoms with Crippen LogP contribution in [-0.2, 0) is 6.42 Å². The SMILES string of the molecule is CC(C)Cc1cc(NN)nc(-c2ccc(N(C)C)cc2)n1. The molecule has 1 heterocycles. The lowest BCUT2D eigenvalue weighted by atomic mass is 10.1. The summed E-state index contributed by atoms with van der Waals surface area (Å²) in [5.74, 6) is 7.40. The Balaban J connectivity index is 2.37. The van der Waals surface area contributed by atoms with Gasteiger partial charge in [0.1, 0.15) is 5.82 Å². The summed E-state index contributed by atoms with van der Waals surface area (Å²) in [7, 11) is 4.04. The number of benzene rings is 1. The first-order chi connectivity index (χ1) is 9.99. The third kappa shape index (κ3) is 3.92. The number of hydrogen-bond donors (Lipinski definition) is 2. The van der Waals surface area contributed by atoms with Gasteiger partial charge < -0.3 is 10.3 Å². The van der Waals surface area contributed by atoms with E-state index in [1.807, 2.05) is 32.3 Å². The molecule has 0 unspecified atom stereocenters. The van der Waals surface area contributed by atoms with Gasteiger partial charge in [0.25, 0.3) is 0 Å². The van der Waals surface area contributed by atoms with Crippen LogP contribution in [0.25, 0.3) is 11.4 Å². The molecule has 0 aliphatic heterocycles. The first-order valence-corrected chi connectivity index (χ1v) is 7.12. The normalized spacial score (nSPS) is 10.8. The zero-order chi connectivity index (χ0) is 15.4. The standard InChI is InChI=1S/C16H23N5/c1-11(2)9-13-10-15(20-17)19-16(18-13)12-5-7-14(8-6-12)21(3)4/h5-8,10-11H,9,17H2,1-4H3,(H,18,19,20). The second kappa shape index (κ2) is 6.54. The molecule has 0 spiro atoms. The lowest BCUT2D eigenvalue weighted by molar-refractivity contribution is 0.635. The molecular formula is C16H23N5. The molecule has 0 amide bonds. The molecule has 0 radical (unpaired) electrons. The maximum absolute atomic E-state index is 5.51. The van der Waals surface area contributed by atoms with Crippen molar-refractivity contribution in [3.63, 3.8) is 0 Å². The second-order valence-electron chi connectivity index (χ2n) is 5.75. The van der Waals surface area contributed by atoms with Crippen LogP contribution in [0.1, 0.15) is 19.5 Å². The van der Waals surface area contributed by atoms with Crippen molar-refractivity contribution in [3.8, 4) is 11.4 Å². The van der Waals surface area contributed by atoms with E-state index in [1.54, 1.807) is 0 Å². The molecule has 112 valence electrons. The van der Waals surface area contributed by atoms with Gasteiger partial charge in [0.2, 0.25) is 0 Å². The molecular weight excluding hydrogens is 262 g/mol. The minimum atomic E-state index is 0.537. The van der Waals surface area contributed by atoms with Crippen molar-refractivity contribution in [3.05, 3.63) is 36.0 Å². The Morgan fingerprint density at radius 2 is 1.81 bits per heavy atom. The van der Waals surface area contributed by atoms with Crippen LogP contribution in [0.2, 0.25) is 0 Å². The summed E-state index contributed by atoms with van der Waals surface area (Å²) in [5.41, 5.74) is 5.76. The van der Waals surface area contributed by atoms with Crippen LogP contribution >= 0.6 is 0 Å². The van der Waals surface area contributed by atoms with E-state index >= 15 is 0 Å². The van der Waals surface area contributed by atoms with Gasteiger partial charge in [0, 0.05) is 37.1 Å². The molecule has 21 heavy (non-hydrogen) atoms. The lowest BCUT2D eigenvalue weighted by Crippen LogP contribution is -2.11. The van der Waals surface area contributed by atoms with Crippen molar-refractivity contribution in [2.24, 2.45) is 11.8 Å². The maximum Gasteiger partial charge on any atom is 0.161 e. The Morgan fingerprint density at radius 3 is 2.33 bits per heavy atom. The van der Waals surface area contributed by atoms with Gasteiger partial charge in [-0.3, -0.25) is 0 Å². The van der Waals surface area contributed by atoms with E-state index in [0.717, 1.165) is 23.4 Å². The Labute approximate surface area is 126 Å². The smallest absolute Gasteiger partial charge is 0.161 e. The predicted molar refractivity (Wildman–Crippen MR) is 88.1 cm³/mol. The molecule has 5 heteroatoms. The van der Waals surface area contributed by atoms with E-state index < -0.39 is 0 Å². The van der Waals surface area contributed by atoms with Crippen LogP contribution in [0.15, 0.2) is 30.3 Å². The number of anilines is 2. The summed E-state index contributed by atoms with van der Waals surface area (Å²) in [6.45, 7) is 4.34. The highest BCUT2D eigenvalue weighted by Crippen LogP contribution is 2.22. The summed E-state index contributed by atoms with van der Waals surface area (Å²) < 4.78 is 0. The molecule has 5 nitrogen and oxygen atoms in total. The Kier molecular flexibility index (Phi) is 4.75. The zero-order valence-corrected chi connectivity index (χ0v) is 13.1. The Hall–Kier alpha value is -2.14. The predicted octanol–water partition coefficient (Wildman–Crippen LogP) is 2.69. The monoisotopic (exact) mass is 285 g/mol. The molecule has 1 aromatic carbocycles. The van der Waals surface area contributed by atoms with Crippen LogP contribution in [0.4, 0.5) is 11.5 Å². The summed E-state index contributed by atoms with van der Waals surface area (Å²) in [4.78, 5) is 11.2. The van der Waals surface area contributed by atoms with Crippen molar-refractivity contribution in [2.75, 3.05) is 24.4 Å². The lowest BCUT2D eigenvalue weighted by Gasteiger charge is -2.13. The van der Waals surface area contributed by atoms with Gasteiger partial charge >= 0.3 is 0 Å². The van der Waals surface area contributed by atoms with E-state index in [2.05, 4.69) is 46.3 Å². The fraction of sp³-hybridized carbons (Fsp3) is 0.375. The zero-order valence-electron chi connectivity index (χ0n) is 13.1. The van der Waals surface area contributed by atoms with Crippen LogP contribution in [0, 0.1) is 5.92 Å². The molecule has 1 aromatic heterocycles. The summed E-state index contributed by atoms with van der Waals surface area (Å²) >= 11 is 0. The van der Waals surface area contributed by atoms with Gasteiger partial charge in [-0.05, 0) is 36.6 Å². The van der Waals surface area contributed by atoms with Gasteiger partial charge in [-0.2, -0.15) is 0 Å². The fourth-order valence-corrected chi connectivity index (χ4v) is 2.13. The number of rotatable bonds is 5. The van der Waals surface area contributed by atoms with E-state index in [0.29, 0.717) is 17.6 Å². The minimum Gasteiger partial charge on any atom is -0.378 e. The highest BCUT2D eigenvalue weighted by atomic mass is 15.3.